The fourth-order valence-corrected chi connectivity index (χ4v) is 5.29. The first-order valence-corrected chi connectivity index (χ1v) is 10.9. The van der Waals surface area contributed by atoms with E-state index in [0.717, 1.165) is 68.5 Å². The molecule has 0 aromatic carbocycles. The van der Waals surface area contributed by atoms with Crippen LogP contribution in [0.3, 0.4) is 0 Å². The fraction of sp³-hybridized carbons (Fsp3) is 0.765. The Labute approximate surface area is 157 Å². The maximum absolute atomic E-state index is 4.86. The van der Waals surface area contributed by atoms with Crippen LogP contribution in [0.2, 0.25) is 0 Å². The quantitative estimate of drug-likeness (QED) is 0.795. The van der Waals surface area contributed by atoms with Gasteiger partial charge < -0.3 is 9.80 Å². The summed E-state index contributed by atoms with van der Waals surface area (Å²) in [5, 5.41) is 7.83. The van der Waals surface area contributed by atoms with Gasteiger partial charge in [-0.3, -0.25) is 4.90 Å². The number of anilines is 2. The molecule has 5 rings (SSSR count). The zero-order chi connectivity index (χ0) is 17.3. The summed E-state index contributed by atoms with van der Waals surface area (Å²) in [4.78, 5) is 16.9. The van der Waals surface area contributed by atoms with Gasteiger partial charge in [-0.25, -0.2) is 14.6 Å². The fourth-order valence-electron chi connectivity index (χ4n) is 4.39. The molecule has 140 valence electrons. The average molecular weight is 376 g/mol. The van der Waals surface area contributed by atoms with E-state index < -0.39 is 0 Å². The summed E-state index contributed by atoms with van der Waals surface area (Å²) in [6.45, 7) is 6.22. The summed E-state index contributed by atoms with van der Waals surface area (Å²) in [5.41, 5.74) is 1.01. The van der Waals surface area contributed by atoms with Crippen molar-refractivity contribution in [2.45, 2.75) is 31.7 Å². The smallest absolute Gasteiger partial charge is 0.245 e. The van der Waals surface area contributed by atoms with Crippen molar-refractivity contribution in [2.75, 3.05) is 60.6 Å². The molecule has 0 bridgehead atoms. The van der Waals surface area contributed by atoms with E-state index in [-0.39, 0.29) is 0 Å². The normalized spacial score (nSPS) is 23.2. The molecular formula is C17H25N7OS. The zero-order valence-electron chi connectivity index (χ0n) is 15.0. The summed E-state index contributed by atoms with van der Waals surface area (Å²) in [5.74, 6) is 4.16. The minimum absolute atomic E-state index is 0.506. The lowest BCUT2D eigenvalue weighted by Crippen LogP contribution is -2.50. The molecule has 0 spiro atoms. The van der Waals surface area contributed by atoms with E-state index in [4.69, 9.17) is 14.6 Å². The predicted molar refractivity (Wildman–Crippen MR) is 103 cm³/mol. The van der Waals surface area contributed by atoms with Crippen LogP contribution in [0.15, 0.2) is 4.63 Å². The van der Waals surface area contributed by atoms with Gasteiger partial charge in [0.05, 0.1) is 0 Å². The third kappa shape index (κ3) is 3.11. The van der Waals surface area contributed by atoms with Gasteiger partial charge in [-0.15, -0.1) is 0 Å². The van der Waals surface area contributed by atoms with Crippen LogP contribution in [-0.2, 0) is 0 Å². The summed E-state index contributed by atoms with van der Waals surface area (Å²) < 4.78 is 4.86. The summed E-state index contributed by atoms with van der Waals surface area (Å²) >= 11 is 2.00. The van der Waals surface area contributed by atoms with E-state index >= 15 is 0 Å². The molecule has 3 aliphatic rings. The van der Waals surface area contributed by atoms with Gasteiger partial charge in [0.25, 0.3) is 0 Å². The Kier molecular flexibility index (Phi) is 4.58. The molecule has 0 unspecified atom stereocenters. The highest BCUT2D eigenvalue weighted by atomic mass is 32.2. The van der Waals surface area contributed by atoms with Gasteiger partial charge in [-0.05, 0) is 23.2 Å². The average Bonchev–Trinajstić information content (AvgIpc) is 3.39. The monoisotopic (exact) mass is 375 g/mol. The van der Waals surface area contributed by atoms with Crippen molar-refractivity contribution in [1.29, 1.82) is 0 Å². The topological polar surface area (TPSA) is 74.4 Å². The molecule has 4 heterocycles. The first kappa shape index (κ1) is 16.6. The van der Waals surface area contributed by atoms with Crippen molar-refractivity contribution >= 4 is 34.7 Å². The van der Waals surface area contributed by atoms with Crippen molar-refractivity contribution in [3.8, 4) is 0 Å². The first-order valence-electron chi connectivity index (χ1n) is 9.70. The van der Waals surface area contributed by atoms with Crippen LogP contribution in [0.5, 0.6) is 0 Å². The van der Waals surface area contributed by atoms with Gasteiger partial charge in [-0.1, -0.05) is 12.8 Å². The third-order valence-electron chi connectivity index (χ3n) is 5.84. The van der Waals surface area contributed by atoms with Gasteiger partial charge in [0.15, 0.2) is 11.6 Å². The minimum Gasteiger partial charge on any atom is -0.352 e. The Morgan fingerprint density at radius 2 is 1.35 bits per heavy atom. The molecule has 9 heteroatoms. The number of thioether (sulfide) groups is 1. The van der Waals surface area contributed by atoms with Gasteiger partial charge in [-0.2, -0.15) is 11.8 Å². The second-order valence-electron chi connectivity index (χ2n) is 7.34. The molecule has 0 radical (unpaired) electrons. The summed E-state index contributed by atoms with van der Waals surface area (Å²) in [6, 6.07) is 0.795. The van der Waals surface area contributed by atoms with Crippen LogP contribution in [0.25, 0.3) is 11.3 Å². The second-order valence-corrected chi connectivity index (χ2v) is 8.57. The van der Waals surface area contributed by atoms with Crippen LogP contribution in [0.4, 0.5) is 11.6 Å². The zero-order valence-corrected chi connectivity index (χ0v) is 15.8. The Morgan fingerprint density at radius 1 is 0.769 bits per heavy atom. The molecule has 0 N–H and O–H groups in total. The number of aromatic nitrogens is 4. The number of hydrogen-bond acceptors (Lipinski definition) is 9. The molecule has 0 amide bonds. The molecule has 0 atom stereocenters. The molecule has 2 saturated heterocycles. The van der Waals surface area contributed by atoms with Crippen LogP contribution in [0.1, 0.15) is 25.7 Å². The number of hydrogen-bond donors (Lipinski definition) is 0. The summed E-state index contributed by atoms with van der Waals surface area (Å²) in [6.07, 6.45) is 5.52. The molecule has 26 heavy (non-hydrogen) atoms. The maximum atomic E-state index is 4.86. The van der Waals surface area contributed by atoms with Gasteiger partial charge in [0.2, 0.25) is 11.3 Å². The molecule has 2 aromatic heterocycles. The predicted octanol–water partition coefficient (Wildman–Crippen LogP) is 1.63. The number of nitrogens with zero attached hydrogens (tertiary/aromatic N) is 7. The van der Waals surface area contributed by atoms with E-state index in [1.165, 1.54) is 25.7 Å². The van der Waals surface area contributed by atoms with E-state index in [0.29, 0.717) is 11.3 Å². The molecule has 2 aromatic rings. The lowest BCUT2D eigenvalue weighted by atomic mass is 10.2. The van der Waals surface area contributed by atoms with Crippen molar-refractivity contribution in [2.24, 2.45) is 0 Å². The summed E-state index contributed by atoms with van der Waals surface area (Å²) in [7, 11) is 0. The number of rotatable bonds is 3. The molecule has 1 saturated carbocycles. The number of piperazine rings is 1. The van der Waals surface area contributed by atoms with Crippen molar-refractivity contribution in [3.05, 3.63) is 0 Å². The van der Waals surface area contributed by atoms with Crippen LogP contribution >= 0.6 is 11.8 Å². The molecule has 1 aliphatic carbocycles. The van der Waals surface area contributed by atoms with Gasteiger partial charge in [0, 0.05) is 56.8 Å². The van der Waals surface area contributed by atoms with E-state index in [1.54, 1.807) is 0 Å². The Morgan fingerprint density at radius 3 is 1.96 bits per heavy atom. The minimum atomic E-state index is 0.506. The maximum Gasteiger partial charge on any atom is 0.245 e. The van der Waals surface area contributed by atoms with Crippen LogP contribution in [-0.4, -0.2) is 82.0 Å². The Bertz CT molecular complexity index is 749. The molecular weight excluding hydrogens is 350 g/mol. The standard InChI is InChI=1S/C17H25N7OS/c1-2-4-13(3-1)22-5-7-23(8-6-22)16-17(24-9-11-26-12-10-24)19-15-14(18-16)20-25-21-15/h13H,1-12H2. The largest absolute Gasteiger partial charge is 0.352 e. The highest BCUT2D eigenvalue weighted by Gasteiger charge is 2.29. The first-order chi connectivity index (χ1) is 12.9. The Hall–Kier alpha value is -1.61. The SMILES string of the molecule is C1CCC(N2CCN(c3nc4nonc4nc3N3CCSCC3)CC2)C1. The molecule has 3 fully saturated rings. The lowest BCUT2D eigenvalue weighted by molar-refractivity contribution is 0.187. The Balaban J connectivity index is 1.40. The van der Waals surface area contributed by atoms with Crippen molar-refractivity contribution < 1.29 is 4.63 Å². The highest BCUT2D eigenvalue weighted by molar-refractivity contribution is 7.99. The van der Waals surface area contributed by atoms with E-state index in [1.807, 2.05) is 11.8 Å². The van der Waals surface area contributed by atoms with Crippen molar-refractivity contribution in [3.63, 3.8) is 0 Å². The van der Waals surface area contributed by atoms with Crippen LogP contribution in [0, 0.1) is 0 Å². The number of fused-ring (bicyclic) bond motifs is 1. The highest BCUT2D eigenvalue weighted by Crippen LogP contribution is 2.31. The van der Waals surface area contributed by atoms with Gasteiger partial charge in [0.1, 0.15) is 0 Å². The third-order valence-corrected chi connectivity index (χ3v) is 6.79. The lowest BCUT2D eigenvalue weighted by Gasteiger charge is -2.39. The van der Waals surface area contributed by atoms with E-state index in [2.05, 4.69) is 25.0 Å². The molecule has 2 aliphatic heterocycles. The van der Waals surface area contributed by atoms with Crippen LogP contribution < -0.4 is 9.80 Å². The van der Waals surface area contributed by atoms with E-state index in [9.17, 15) is 0 Å². The van der Waals surface area contributed by atoms with Crippen molar-refractivity contribution in [1.82, 2.24) is 25.2 Å². The second kappa shape index (κ2) is 7.19. The van der Waals surface area contributed by atoms with Gasteiger partial charge >= 0.3 is 0 Å². The molecule has 8 nitrogen and oxygen atoms in total.